The molecule has 0 saturated carbocycles. The molecule has 1 amide bonds. The molecule has 5 heteroatoms. The van der Waals surface area contributed by atoms with E-state index in [9.17, 15) is 4.79 Å². The third-order valence-corrected chi connectivity index (χ3v) is 3.39. The second-order valence-electron chi connectivity index (χ2n) is 5.28. The van der Waals surface area contributed by atoms with Gasteiger partial charge in [-0.15, -0.1) is 0 Å². The second-order valence-corrected chi connectivity index (χ2v) is 5.28. The third-order valence-electron chi connectivity index (χ3n) is 3.39. The van der Waals surface area contributed by atoms with Crippen LogP contribution in [-0.2, 0) is 4.79 Å². The smallest absolute Gasteiger partial charge is 0.224 e. The summed E-state index contributed by atoms with van der Waals surface area (Å²) in [7, 11) is 0. The zero-order valence-electron chi connectivity index (χ0n) is 11.2. The van der Waals surface area contributed by atoms with E-state index in [2.05, 4.69) is 40.6 Å². The molecule has 2 N–H and O–H groups in total. The molecular weight excluding hydrogens is 240 g/mol. The number of carbonyl (C=O) groups is 1. The van der Waals surface area contributed by atoms with Crippen LogP contribution in [0.25, 0.3) is 5.57 Å². The maximum atomic E-state index is 11.6. The van der Waals surface area contributed by atoms with Gasteiger partial charge in [0.1, 0.15) is 0 Å². The maximum absolute atomic E-state index is 11.6. The number of fused-ring (bicyclic) bond motifs is 2. The van der Waals surface area contributed by atoms with Gasteiger partial charge in [-0.3, -0.25) is 9.80 Å². The first kappa shape index (κ1) is 12.2. The number of hydrazine groups is 1. The summed E-state index contributed by atoms with van der Waals surface area (Å²) in [5, 5.41) is 4.97. The normalized spacial score (nSPS) is 18.3. The lowest BCUT2D eigenvalue weighted by Crippen LogP contribution is -2.48. The van der Waals surface area contributed by atoms with Gasteiger partial charge in [-0.1, -0.05) is 0 Å². The molecule has 0 aromatic carbocycles. The van der Waals surface area contributed by atoms with Crippen LogP contribution < -0.4 is 15.8 Å². The van der Waals surface area contributed by atoms with Crippen molar-refractivity contribution in [2.24, 2.45) is 0 Å². The number of aromatic nitrogens is 1. The van der Waals surface area contributed by atoms with Crippen LogP contribution >= 0.6 is 0 Å². The number of nitrogens with one attached hydrogen (secondary N) is 2. The maximum Gasteiger partial charge on any atom is 0.224 e. The van der Waals surface area contributed by atoms with Crippen molar-refractivity contribution in [2.45, 2.75) is 26.3 Å². The highest BCUT2D eigenvalue weighted by Gasteiger charge is 2.29. The van der Waals surface area contributed by atoms with Crippen LogP contribution in [0.4, 0.5) is 5.82 Å². The molecular formula is C14H18N4O. The van der Waals surface area contributed by atoms with Crippen LogP contribution in [-0.4, -0.2) is 30.0 Å². The predicted octanol–water partition coefficient (Wildman–Crippen LogP) is 1.09. The summed E-state index contributed by atoms with van der Waals surface area (Å²) in [5.74, 6) is 1.06. The molecule has 19 heavy (non-hydrogen) atoms. The van der Waals surface area contributed by atoms with Gasteiger partial charge in [0.05, 0.1) is 13.0 Å². The van der Waals surface area contributed by atoms with Crippen LogP contribution in [0.2, 0.25) is 0 Å². The Balaban J connectivity index is 2.03. The number of nitrogens with zero attached hydrogens (tertiary/aromatic N) is 2. The molecule has 3 rings (SSSR count). The summed E-state index contributed by atoms with van der Waals surface area (Å²) in [6, 6.07) is 4.34. The fourth-order valence-corrected chi connectivity index (χ4v) is 2.64. The Morgan fingerprint density at radius 1 is 1.47 bits per heavy atom. The first-order chi connectivity index (χ1) is 9.15. The van der Waals surface area contributed by atoms with Crippen LogP contribution in [0.15, 0.2) is 23.9 Å². The van der Waals surface area contributed by atoms with E-state index < -0.39 is 0 Å². The predicted molar refractivity (Wildman–Crippen MR) is 74.4 cm³/mol. The lowest BCUT2D eigenvalue weighted by molar-refractivity contribution is -0.120. The largest absolute Gasteiger partial charge is 0.352 e. The van der Waals surface area contributed by atoms with Gasteiger partial charge in [0.15, 0.2) is 5.82 Å². The zero-order valence-corrected chi connectivity index (χ0v) is 11.2. The summed E-state index contributed by atoms with van der Waals surface area (Å²) in [4.78, 5) is 16.0. The van der Waals surface area contributed by atoms with Gasteiger partial charge in [0.25, 0.3) is 0 Å². The molecule has 2 aliphatic rings. The number of hydrogen-bond acceptors (Lipinski definition) is 4. The van der Waals surface area contributed by atoms with Gasteiger partial charge >= 0.3 is 0 Å². The standard InChI is InChI=1S/C14H18N4O/c1-9(2)17-18-8-10-6-13(19)16-7-12(10)11-4-3-5-15-14(11)18/h3-5,9,17H,6-8H2,1-2H3,(H,16,19). The first-order valence-corrected chi connectivity index (χ1v) is 6.62. The summed E-state index contributed by atoms with van der Waals surface area (Å²) in [6.45, 7) is 5.54. The Hall–Kier alpha value is -1.88. The Morgan fingerprint density at radius 3 is 3.11 bits per heavy atom. The summed E-state index contributed by atoms with van der Waals surface area (Å²) >= 11 is 0. The van der Waals surface area contributed by atoms with E-state index in [1.54, 1.807) is 6.20 Å². The van der Waals surface area contributed by atoms with Gasteiger partial charge in [0, 0.05) is 24.3 Å². The molecule has 1 aromatic heterocycles. The number of amides is 1. The molecule has 3 heterocycles. The van der Waals surface area contributed by atoms with E-state index >= 15 is 0 Å². The number of anilines is 1. The number of pyridine rings is 1. The summed E-state index contributed by atoms with van der Waals surface area (Å²) in [6.07, 6.45) is 2.29. The highest BCUT2D eigenvalue weighted by atomic mass is 16.1. The monoisotopic (exact) mass is 258 g/mol. The first-order valence-electron chi connectivity index (χ1n) is 6.62. The van der Waals surface area contributed by atoms with Gasteiger partial charge in [-0.2, -0.15) is 0 Å². The van der Waals surface area contributed by atoms with Crippen LogP contribution in [0, 0.1) is 0 Å². The molecule has 2 aliphatic heterocycles. The van der Waals surface area contributed by atoms with E-state index in [1.807, 2.05) is 6.07 Å². The van der Waals surface area contributed by atoms with Crippen LogP contribution in [0.5, 0.6) is 0 Å². The van der Waals surface area contributed by atoms with Gasteiger partial charge < -0.3 is 5.32 Å². The minimum atomic E-state index is 0.107. The molecule has 1 aromatic rings. The Bertz CT molecular complexity index is 550. The van der Waals surface area contributed by atoms with Gasteiger partial charge in [-0.05, 0) is 37.1 Å². The molecule has 0 fully saturated rings. The lowest BCUT2D eigenvalue weighted by Gasteiger charge is -2.36. The number of rotatable bonds is 2. The molecule has 0 aliphatic carbocycles. The SMILES string of the molecule is CC(C)NN1CC2=C(CNC(=O)C2)c2cccnc21. The van der Waals surface area contributed by atoms with Crippen molar-refractivity contribution in [1.82, 2.24) is 15.7 Å². The lowest BCUT2D eigenvalue weighted by atomic mass is 9.92. The highest BCUT2D eigenvalue weighted by molar-refractivity contribution is 5.91. The second kappa shape index (κ2) is 4.66. The molecule has 0 saturated heterocycles. The van der Waals surface area contributed by atoms with Crippen LogP contribution in [0.1, 0.15) is 25.8 Å². The van der Waals surface area contributed by atoms with E-state index in [4.69, 9.17) is 0 Å². The van der Waals surface area contributed by atoms with Crippen molar-refractivity contribution in [1.29, 1.82) is 0 Å². The molecule has 0 radical (unpaired) electrons. The van der Waals surface area contributed by atoms with E-state index in [1.165, 1.54) is 11.1 Å². The summed E-state index contributed by atoms with van der Waals surface area (Å²) in [5.41, 5.74) is 6.93. The third kappa shape index (κ3) is 2.21. The van der Waals surface area contributed by atoms with Gasteiger partial charge in [-0.25, -0.2) is 10.4 Å². The number of hydrogen-bond donors (Lipinski definition) is 2. The Morgan fingerprint density at radius 2 is 2.32 bits per heavy atom. The highest BCUT2D eigenvalue weighted by Crippen LogP contribution is 2.34. The van der Waals surface area contributed by atoms with Crippen molar-refractivity contribution in [3.05, 3.63) is 29.5 Å². The Labute approximate surface area is 112 Å². The van der Waals surface area contributed by atoms with E-state index in [0.717, 1.165) is 17.9 Å². The van der Waals surface area contributed by atoms with Crippen molar-refractivity contribution in [3.63, 3.8) is 0 Å². The average molecular weight is 258 g/mol. The minimum absolute atomic E-state index is 0.107. The molecule has 0 atom stereocenters. The van der Waals surface area contributed by atoms with E-state index in [0.29, 0.717) is 19.0 Å². The van der Waals surface area contributed by atoms with Gasteiger partial charge in [0.2, 0.25) is 5.91 Å². The molecule has 0 spiro atoms. The van der Waals surface area contributed by atoms with Crippen molar-refractivity contribution in [3.8, 4) is 0 Å². The fraction of sp³-hybridized carbons (Fsp3) is 0.429. The van der Waals surface area contributed by atoms with Crippen molar-refractivity contribution < 1.29 is 4.79 Å². The molecule has 0 bridgehead atoms. The van der Waals surface area contributed by atoms with E-state index in [-0.39, 0.29) is 5.91 Å². The number of carbonyl (C=O) groups excluding carboxylic acids is 1. The zero-order chi connectivity index (χ0) is 13.4. The van der Waals surface area contributed by atoms with Crippen molar-refractivity contribution in [2.75, 3.05) is 18.1 Å². The molecule has 5 nitrogen and oxygen atoms in total. The van der Waals surface area contributed by atoms with Crippen LogP contribution in [0.3, 0.4) is 0 Å². The Kier molecular flexibility index (Phi) is 2.98. The minimum Gasteiger partial charge on any atom is -0.352 e. The molecule has 100 valence electrons. The summed E-state index contributed by atoms with van der Waals surface area (Å²) < 4.78 is 0. The quantitative estimate of drug-likeness (QED) is 0.833. The van der Waals surface area contributed by atoms with Crippen molar-refractivity contribution >= 4 is 17.3 Å². The topological polar surface area (TPSA) is 57.3 Å². The fourth-order valence-electron chi connectivity index (χ4n) is 2.64. The molecule has 0 unspecified atom stereocenters. The average Bonchev–Trinajstić information content (AvgIpc) is 2.38.